The van der Waals surface area contributed by atoms with Crippen molar-refractivity contribution in [2.75, 3.05) is 32.1 Å². The third-order valence-electron chi connectivity index (χ3n) is 3.77. The lowest BCUT2D eigenvalue weighted by Gasteiger charge is -2.33. The molecule has 1 N–H and O–H groups in total. The Balaban J connectivity index is 1.58. The first-order chi connectivity index (χ1) is 11.2. The molecule has 23 heavy (non-hydrogen) atoms. The first kappa shape index (κ1) is 15.8. The highest BCUT2D eigenvalue weighted by Crippen LogP contribution is 2.19. The number of amides is 2. The van der Waals surface area contributed by atoms with Gasteiger partial charge in [-0.2, -0.15) is 0 Å². The third-order valence-corrected chi connectivity index (χ3v) is 4.56. The van der Waals surface area contributed by atoms with Gasteiger partial charge < -0.3 is 14.4 Å². The fraction of sp³-hybridized carbons (Fsp3) is 0.353. The van der Waals surface area contributed by atoms with Crippen molar-refractivity contribution in [1.29, 1.82) is 0 Å². The monoisotopic (exact) mass is 332 g/mol. The summed E-state index contributed by atoms with van der Waals surface area (Å²) in [6.45, 7) is 1.77. The van der Waals surface area contributed by atoms with Gasteiger partial charge in [0.05, 0.1) is 24.8 Å². The molecular weight excluding hydrogens is 312 g/mol. The predicted octanol–water partition coefficient (Wildman–Crippen LogP) is 3.23. The molecule has 0 radical (unpaired) electrons. The number of morpholine rings is 1. The lowest BCUT2D eigenvalue weighted by molar-refractivity contribution is -0.0113. The maximum atomic E-state index is 12.3. The van der Waals surface area contributed by atoms with Gasteiger partial charge in [-0.1, -0.05) is 12.1 Å². The smallest absolute Gasteiger partial charge is 0.322 e. The van der Waals surface area contributed by atoms with Gasteiger partial charge in [-0.3, -0.25) is 5.32 Å². The average molecular weight is 332 g/mol. The Morgan fingerprint density at radius 3 is 3.13 bits per heavy atom. The molecule has 2 amide bonds. The predicted molar refractivity (Wildman–Crippen MR) is 91.3 cm³/mol. The van der Waals surface area contributed by atoms with Crippen molar-refractivity contribution in [3.8, 4) is 5.75 Å². The number of carbonyl (C=O) groups excluding carboxylic acids is 1. The highest BCUT2D eigenvalue weighted by molar-refractivity contribution is 7.14. The molecule has 5 nitrogen and oxygen atoms in total. The first-order valence-electron chi connectivity index (χ1n) is 7.58. The van der Waals surface area contributed by atoms with Gasteiger partial charge in [0, 0.05) is 19.5 Å². The number of hydrogen-bond acceptors (Lipinski definition) is 4. The lowest BCUT2D eigenvalue weighted by Crippen LogP contribution is -2.47. The summed E-state index contributed by atoms with van der Waals surface area (Å²) in [5.41, 5.74) is 1.15. The zero-order chi connectivity index (χ0) is 16.1. The zero-order valence-corrected chi connectivity index (χ0v) is 13.8. The van der Waals surface area contributed by atoms with Gasteiger partial charge in [-0.15, -0.1) is 11.3 Å². The van der Waals surface area contributed by atoms with E-state index in [0.29, 0.717) is 19.7 Å². The van der Waals surface area contributed by atoms with E-state index >= 15 is 0 Å². The standard InChI is InChI=1S/C17H20N2O3S/c1-21-14-5-2-4-13(10-14)11-15-12-19(7-8-22-15)17(20)18-16-6-3-9-23-16/h2-6,9-10,15H,7-8,11-12H2,1H3,(H,18,20). The van der Waals surface area contributed by atoms with Crippen molar-refractivity contribution in [1.82, 2.24) is 4.90 Å². The van der Waals surface area contributed by atoms with Crippen LogP contribution in [0.15, 0.2) is 41.8 Å². The Kier molecular flexibility index (Phi) is 5.15. The van der Waals surface area contributed by atoms with Gasteiger partial charge in [0.1, 0.15) is 5.75 Å². The van der Waals surface area contributed by atoms with E-state index in [1.807, 2.05) is 40.6 Å². The molecule has 1 aliphatic rings. The molecule has 0 bridgehead atoms. The number of benzene rings is 1. The van der Waals surface area contributed by atoms with Crippen LogP contribution in [-0.4, -0.2) is 43.8 Å². The summed E-state index contributed by atoms with van der Waals surface area (Å²) < 4.78 is 11.1. The Morgan fingerprint density at radius 1 is 1.43 bits per heavy atom. The molecule has 1 atom stereocenters. The number of nitrogens with zero attached hydrogens (tertiary/aromatic N) is 1. The van der Waals surface area contributed by atoms with E-state index in [1.54, 1.807) is 7.11 Å². The maximum Gasteiger partial charge on any atom is 0.322 e. The number of methoxy groups -OCH3 is 1. The van der Waals surface area contributed by atoms with Crippen LogP contribution in [0.2, 0.25) is 0 Å². The molecule has 1 aromatic heterocycles. The molecule has 1 fully saturated rings. The number of hydrogen-bond donors (Lipinski definition) is 1. The molecule has 1 saturated heterocycles. The second-order valence-electron chi connectivity index (χ2n) is 5.40. The van der Waals surface area contributed by atoms with Crippen LogP contribution in [0, 0.1) is 0 Å². The molecule has 0 aliphatic carbocycles. The van der Waals surface area contributed by atoms with Gasteiger partial charge in [-0.25, -0.2) is 4.79 Å². The normalized spacial score (nSPS) is 17.8. The quantitative estimate of drug-likeness (QED) is 0.935. The minimum Gasteiger partial charge on any atom is -0.497 e. The third kappa shape index (κ3) is 4.24. The summed E-state index contributed by atoms with van der Waals surface area (Å²) in [6, 6.07) is 11.7. The number of thiophene rings is 1. The minimum atomic E-state index is -0.0635. The Bertz CT molecular complexity index is 645. The summed E-state index contributed by atoms with van der Waals surface area (Å²) in [7, 11) is 1.66. The van der Waals surface area contributed by atoms with Crippen LogP contribution in [0.4, 0.5) is 9.80 Å². The highest BCUT2D eigenvalue weighted by Gasteiger charge is 2.24. The van der Waals surface area contributed by atoms with Crippen molar-refractivity contribution in [2.45, 2.75) is 12.5 Å². The zero-order valence-electron chi connectivity index (χ0n) is 13.0. The molecule has 2 aromatic rings. The van der Waals surface area contributed by atoms with Gasteiger partial charge in [0.15, 0.2) is 0 Å². The van der Waals surface area contributed by atoms with Crippen LogP contribution in [0.1, 0.15) is 5.56 Å². The van der Waals surface area contributed by atoms with E-state index in [9.17, 15) is 4.79 Å². The number of urea groups is 1. The van der Waals surface area contributed by atoms with Crippen LogP contribution in [0.5, 0.6) is 5.75 Å². The Morgan fingerprint density at radius 2 is 2.35 bits per heavy atom. The van der Waals surface area contributed by atoms with Crippen LogP contribution in [-0.2, 0) is 11.2 Å². The lowest BCUT2D eigenvalue weighted by atomic mass is 10.1. The highest BCUT2D eigenvalue weighted by atomic mass is 32.1. The molecule has 3 rings (SSSR count). The molecule has 1 unspecified atom stereocenters. The molecule has 122 valence electrons. The number of ether oxygens (including phenoxy) is 2. The van der Waals surface area contributed by atoms with E-state index in [2.05, 4.69) is 11.4 Å². The molecule has 2 heterocycles. The van der Waals surface area contributed by atoms with Crippen LogP contribution < -0.4 is 10.1 Å². The summed E-state index contributed by atoms with van der Waals surface area (Å²) in [5, 5.41) is 5.74. The van der Waals surface area contributed by atoms with Gasteiger partial charge in [-0.05, 0) is 35.2 Å². The largest absolute Gasteiger partial charge is 0.497 e. The van der Waals surface area contributed by atoms with E-state index in [0.717, 1.165) is 22.7 Å². The Labute approximate surface area is 139 Å². The fourth-order valence-corrected chi connectivity index (χ4v) is 3.23. The second kappa shape index (κ2) is 7.48. The SMILES string of the molecule is COc1cccc(CC2CN(C(=O)Nc3cccs3)CCO2)c1. The number of nitrogens with one attached hydrogen (secondary N) is 1. The van der Waals surface area contributed by atoms with Gasteiger partial charge in [0.25, 0.3) is 0 Å². The second-order valence-corrected chi connectivity index (χ2v) is 6.35. The molecule has 1 aliphatic heterocycles. The number of rotatable bonds is 4. The van der Waals surface area contributed by atoms with Crippen molar-refractivity contribution < 1.29 is 14.3 Å². The summed E-state index contributed by atoms with van der Waals surface area (Å²) in [5.74, 6) is 0.839. The van der Waals surface area contributed by atoms with Crippen molar-refractivity contribution in [2.24, 2.45) is 0 Å². The molecule has 0 saturated carbocycles. The maximum absolute atomic E-state index is 12.3. The fourth-order valence-electron chi connectivity index (χ4n) is 2.62. The first-order valence-corrected chi connectivity index (χ1v) is 8.46. The van der Waals surface area contributed by atoms with Crippen LogP contribution in [0.3, 0.4) is 0 Å². The van der Waals surface area contributed by atoms with Gasteiger partial charge in [0.2, 0.25) is 0 Å². The molecular formula is C17H20N2O3S. The van der Waals surface area contributed by atoms with Crippen LogP contribution >= 0.6 is 11.3 Å². The average Bonchev–Trinajstić information content (AvgIpc) is 3.08. The van der Waals surface area contributed by atoms with Crippen LogP contribution in [0.25, 0.3) is 0 Å². The summed E-state index contributed by atoms with van der Waals surface area (Å²) in [6.07, 6.45) is 0.768. The number of anilines is 1. The summed E-state index contributed by atoms with van der Waals surface area (Å²) >= 11 is 1.52. The minimum absolute atomic E-state index is 0.00458. The van der Waals surface area contributed by atoms with E-state index < -0.39 is 0 Å². The van der Waals surface area contributed by atoms with E-state index in [4.69, 9.17) is 9.47 Å². The Hall–Kier alpha value is -2.05. The van der Waals surface area contributed by atoms with Crippen molar-refractivity contribution in [3.63, 3.8) is 0 Å². The molecule has 6 heteroatoms. The van der Waals surface area contributed by atoms with Gasteiger partial charge >= 0.3 is 6.03 Å². The number of carbonyl (C=O) groups is 1. The topological polar surface area (TPSA) is 50.8 Å². The van der Waals surface area contributed by atoms with E-state index in [1.165, 1.54) is 11.3 Å². The van der Waals surface area contributed by atoms with Crippen molar-refractivity contribution >= 4 is 22.4 Å². The molecule has 1 aromatic carbocycles. The van der Waals surface area contributed by atoms with E-state index in [-0.39, 0.29) is 12.1 Å². The molecule has 0 spiro atoms. The van der Waals surface area contributed by atoms with Crippen molar-refractivity contribution in [3.05, 3.63) is 47.3 Å². The summed E-state index contributed by atoms with van der Waals surface area (Å²) in [4.78, 5) is 14.1.